The van der Waals surface area contributed by atoms with Crippen LogP contribution in [0.5, 0.6) is 0 Å². The second-order valence-electron chi connectivity index (χ2n) is 3.53. The van der Waals surface area contributed by atoms with Gasteiger partial charge in [-0.2, -0.15) is 0 Å². The molecule has 0 saturated heterocycles. The maximum Gasteiger partial charge on any atom is 0.356 e. The number of esters is 1. The van der Waals surface area contributed by atoms with E-state index in [1.54, 1.807) is 12.1 Å². The van der Waals surface area contributed by atoms with E-state index in [4.69, 9.17) is 5.73 Å². The molecule has 0 atom stereocenters. The number of amides is 2. The van der Waals surface area contributed by atoms with E-state index in [1.807, 2.05) is 0 Å². The first-order chi connectivity index (χ1) is 8.61. The molecule has 0 aliphatic carbocycles. The van der Waals surface area contributed by atoms with E-state index in [0.717, 1.165) is 18.2 Å². The average Bonchev–Trinajstić information content (AvgIpc) is 2.65. The molecular weight excluding hydrogens is 236 g/mol. The molecular formula is C12H10N2O4. The lowest BCUT2D eigenvalue weighted by molar-refractivity contribution is -0.137. The molecule has 1 aliphatic heterocycles. The van der Waals surface area contributed by atoms with Crippen molar-refractivity contribution in [3.63, 3.8) is 0 Å². The van der Waals surface area contributed by atoms with Gasteiger partial charge >= 0.3 is 5.97 Å². The molecule has 0 radical (unpaired) electrons. The molecule has 0 fully saturated rings. The third-order valence-electron chi connectivity index (χ3n) is 2.59. The molecule has 1 aromatic rings. The summed E-state index contributed by atoms with van der Waals surface area (Å²) in [5.74, 6) is -2.01. The van der Waals surface area contributed by atoms with Crippen molar-refractivity contribution in [3.05, 3.63) is 47.3 Å². The zero-order chi connectivity index (χ0) is 13.3. The molecule has 2 rings (SSSR count). The Labute approximate surface area is 103 Å². The number of carbonyl (C=O) groups excluding carboxylic acids is 3. The topological polar surface area (TPSA) is 89.7 Å². The van der Waals surface area contributed by atoms with Gasteiger partial charge in [-0.1, -0.05) is 12.1 Å². The summed E-state index contributed by atoms with van der Waals surface area (Å²) in [4.78, 5) is 36.2. The van der Waals surface area contributed by atoms with Gasteiger partial charge in [-0.15, -0.1) is 0 Å². The first-order valence-electron chi connectivity index (χ1n) is 5.09. The van der Waals surface area contributed by atoms with Crippen LogP contribution < -0.4 is 5.73 Å². The molecule has 0 bridgehead atoms. The van der Waals surface area contributed by atoms with Crippen molar-refractivity contribution in [1.82, 2.24) is 4.90 Å². The van der Waals surface area contributed by atoms with Crippen molar-refractivity contribution in [2.24, 2.45) is 5.73 Å². The molecule has 18 heavy (non-hydrogen) atoms. The molecule has 1 heterocycles. The van der Waals surface area contributed by atoms with Crippen molar-refractivity contribution >= 4 is 17.8 Å². The van der Waals surface area contributed by atoms with Crippen LogP contribution in [0.1, 0.15) is 20.7 Å². The van der Waals surface area contributed by atoms with E-state index >= 15 is 0 Å². The quantitative estimate of drug-likeness (QED) is 0.459. The second kappa shape index (κ2) is 4.33. The summed E-state index contributed by atoms with van der Waals surface area (Å²) in [5, 5.41) is 0. The third kappa shape index (κ3) is 1.55. The van der Waals surface area contributed by atoms with E-state index in [0.29, 0.717) is 0 Å². The zero-order valence-electron chi connectivity index (χ0n) is 9.54. The SMILES string of the molecule is COC(=O)/C(=C\N)N1C(=O)c2ccccc2C1=O. The Morgan fingerprint density at radius 2 is 1.72 bits per heavy atom. The van der Waals surface area contributed by atoms with Gasteiger partial charge in [0.1, 0.15) is 0 Å². The van der Waals surface area contributed by atoms with Crippen LogP contribution in [0.4, 0.5) is 0 Å². The summed E-state index contributed by atoms with van der Waals surface area (Å²) in [6, 6.07) is 6.30. The number of benzene rings is 1. The van der Waals surface area contributed by atoms with Gasteiger partial charge in [-0.25, -0.2) is 9.69 Å². The Kier molecular flexibility index (Phi) is 2.85. The van der Waals surface area contributed by atoms with Crippen LogP contribution in [0.2, 0.25) is 0 Å². The number of carbonyl (C=O) groups is 3. The summed E-state index contributed by atoms with van der Waals surface area (Å²) >= 11 is 0. The number of hydrogen-bond acceptors (Lipinski definition) is 5. The van der Waals surface area contributed by atoms with Gasteiger partial charge in [0.05, 0.1) is 18.2 Å². The van der Waals surface area contributed by atoms with Crippen LogP contribution >= 0.6 is 0 Å². The molecule has 2 N–H and O–H groups in total. The van der Waals surface area contributed by atoms with Crippen LogP contribution in [-0.2, 0) is 9.53 Å². The molecule has 0 saturated carbocycles. The first-order valence-corrected chi connectivity index (χ1v) is 5.09. The number of methoxy groups -OCH3 is 1. The fraction of sp³-hybridized carbons (Fsp3) is 0.0833. The monoisotopic (exact) mass is 246 g/mol. The molecule has 2 amide bonds. The van der Waals surface area contributed by atoms with Gasteiger partial charge in [0.15, 0.2) is 5.70 Å². The number of nitrogens with two attached hydrogens (primary N) is 1. The van der Waals surface area contributed by atoms with Gasteiger partial charge in [-0.05, 0) is 12.1 Å². The van der Waals surface area contributed by atoms with Crippen LogP contribution in [0, 0.1) is 0 Å². The number of imide groups is 1. The largest absolute Gasteiger partial charge is 0.464 e. The molecule has 1 aliphatic rings. The predicted molar refractivity (Wildman–Crippen MR) is 61.2 cm³/mol. The minimum absolute atomic E-state index is 0.241. The van der Waals surface area contributed by atoms with Gasteiger partial charge in [0.25, 0.3) is 11.8 Å². The minimum Gasteiger partial charge on any atom is -0.464 e. The summed E-state index contributed by atoms with van der Waals surface area (Å²) in [5.41, 5.74) is 5.47. The van der Waals surface area contributed by atoms with Crippen molar-refractivity contribution in [3.8, 4) is 0 Å². The van der Waals surface area contributed by atoms with E-state index in [-0.39, 0.29) is 16.8 Å². The van der Waals surface area contributed by atoms with Gasteiger partial charge in [0.2, 0.25) is 0 Å². The van der Waals surface area contributed by atoms with Gasteiger partial charge in [-0.3, -0.25) is 9.59 Å². The van der Waals surface area contributed by atoms with Crippen molar-refractivity contribution in [1.29, 1.82) is 0 Å². The molecule has 6 heteroatoms. The normalized spacial score (nSPS) is 14.7. The maximum atomic E-state index is 12.0. The Morgan fingerprint density at radius 1 is 1.22 bits per heavy atom. The summed E-state index contributed by atoms with van der Waals surface area (Å²) in [6.45, 7) is 0. The predicted octanol–water partition coefficient (Wildman–Crippen LogP) is 0.256. The summed E-state index contributed by atoms with van der Waals surface area (Å²) < 4.78 is 4.48. The molecule has 0 spiro atoms. The lowest BCUT2D eigenvalue weighted by Crippen LogP contribution is -2.34. The highest BCUT2D eigenvalue weighted by atomic mass is 16.5. The smallest absolute Gasteiger partial charge is 0.356 e. The number of ether oxygens (including phenoxy) is 1. The van der Waals surface area contributed by atoms with E-state index < -0.39 is 17.8 Å². The molecule has 6 nitrogen and oxygen atoms in total. The Balaban J connectivity index is 2.49. The Morgan fingerprint density at radius 3 is 2.11 bits per heavy atom. The van der Waals surface area contributed by atoms with Crippen LogP contribution in [0.25, 0.3) is 0 Å². The third-order valence-corrected chi connectivity index (χ3v) is 2.59. The average molecular weight is 246 g/mol. The lowest BCUT2D eigenvalue weighted by atomic mass is 10.1. The first kappa shape index (κ1) is 11.8. The summed E-state index contributed by atoms with van der Waals surface area (Å²) in [7, 11) is 1.14. The number of fused-ring (bicyclic) bond motifs is 1. The van der Waals surface area contributed by atoms with E-state index in [9.17, 15) is 14.4 Å². The highest BCUT2D eigenvalue weighted by Gasteiger charge is 2.39. The highest BCUT2D eigenvalue weighted by molar-refractivity contribution is 6.24. The molecule has 92 valence electrons. The fourth-order valence-corrected chi connectivity index (χ4v) is 1.75. The van der Waals surface area contributed by atoms with Crippen molar-refractivity contribution in [2.75, 3.05) is 7.11 Å². The van der Waals surface area contributed by atoms with Crippen molar-refractivity contribution < 1.29 is 19.1 Å². The standard InChI is InChI=1S/C12H10N2O4/c1-18-12(17)9(6-13)14-10(15)7-4-2-3-5-8(7)11(14)16/h2-6H,13H2,1H3/b9-6+. The fourth-order valence-electron chi connectivity index (χ4n) is 1.75. The molecule has 0 aromatic heterocycles. The molecule has 0 unspecified atom stereocenters. The summed E-state index contributed by atoms with van der Waals surface area (Å²) in [6.07, 6.45) is 0.882. The second-order valence-corrected chi connectivity index (χ2v) is 3.53. The highest BCUT2D eigenvalue weighted by Crippen LogP contribution is 2.25. The number of rotatable bonds is 2. The minimum atomic E-state index is -0.841. The Bertz CT molecular complexity index is 542. The van der Waals surface area contributed by atoms with Crippen LogP contribution in [0.15, 0.2) is 36.2 Å². The Hall–Kier alpha value is -2.63. The van der Waals surface area contributed by atoms with Gasteiger partial charge < -0.3 is 10.5 Å². The van der Waals surface area contributed by atoms with Crippen LogP contribution in [-0.4, -0.2) is 29.8 Å². The van der Waals surface area contributed by atoms with Crippen molar-refractivity contribution in [2.45, 2.75) is 0 Å². The van der Waals surface area contributed by atoms with Crippen LogP contribution in [0.3, 0.4) is 0 Å². The van der Waals surface area contributed by atoms with Gasteiger partial charge in [0, 0.05) is 6.20 Å². The van der Waals surface area contributed by atoms with E-state index in [1.165, 1.54) is 12.1 Å². The zero-order valence-corrected chi connectivity index (χ0v) is 9.54. The lowest BCUT2D eigenvalue weighted by Gasteiger charge is -2.14. The maximum absolute atomic E-state index is 12.0. The molecule has 1 aromatic carbocycles. The van der Waals surface area contributed by atoms with E-state index in [2.05, 4.69) is 4.74 Å². The number of nitrogens with zero attached hydrogens (tertiary/aromatic N) is 1. The number of hydrogen-bond donors (Lipinski definition) is 1.